The fraction of sp³-hybridized carbons (Fsp3) is 0.500. The predicted octanol–water partition coefficient (Wildman–Crippen LogP) is 2.08. The number of carbonyl (C=O) groups is 2. The van der Waals surface area contributed by atoms with Gasteiger partial charge in [0, 0.05) is 19.6 Å². The summed E-state index contributed by atoms with van der Waals surface area (Å²) in [4.78, 5) is 33.4. The Hall–Kier alpha value is -2.44. The fourth-order valence-corrected chi connectivity index (χ4v) is 3.40. The number of H-pyrrole nitrogens is 1. The summed E-state index contributed by atoms with van der Waals surface area (Å²) < 4.78 is 14.6. The van der Waals surface area contributed by atoms with Crippen molar-refractivity contribution in [3.05, 3.63) is 29.8 Å². The number of piperidine rings is 1. The Kier molecular flexibility index (Phi) is 4.15. The summed E-state index contributed by atoms with van der Waals surface area (Å²) in [7, 11) is 0. The number of nitrogens with one attached hydrogen (secondary N) is 2. The van der Waals surface area contributed by atoms with Gasteiger partial charge in [-0.3, -0.25) is 9.59 Å². The Morgan fingerprint density at radius 1 is 1.32 bits per heavy atom. The lowest BCUT2D eigenvalue weighted by molar-refractivity contribution is -0.126. The molecule has 1 saturated heterocycles. The van der Waals surface area contributed by atoms with Crippen molar-refractivity contribution in [1.82, 2.24) is 20.2 Å². The number of imidazole rings is 1. The molecule has 1 atom stereocenters. The van der Waals surface area contributed by atoms with Crippen molar-refractivity contribution in [2.24, 2.45) is 11.8 Å². The molecule has 1 saturated carbocycles. The number of amides is 2. The van der Waals surface area contributed by atoms with E-state index >= 15 is 0 Å². The van der Waals surface area contributed by atoms with E-state index in [2.05, 4.69) is 15.3 Å². The molecule has 1 unspecified atom stereocenters. The van der Waals surface area contributed by atoms with E-state index in [9.17, 15) is 14.0 Å². The minimum Gasteiger partial charge on any atom is -0.356 e. The summed E-state index contributed by atoms with van der Waals surface area (Å²) in [5.74, 6) is -0.563. The van der Waals surface area contributed by atoms with Crippen molar-refractivity contribution in [3.63, 3.8) is 0 Å². The normalized spacial score (nSPS) is 20.7. The van der Waals surface area contributed by atoms with Gasteiger partial charge in [-0.05, 0) is 43.7 Å². The number of nitrogens with zero attached hydrogens (tertiary/aromatic N) is 2. The molecule has 2 aliphatic rings. The van der Waals surface area contributed by atoms with E-state index in [1.165, 1.54) is 25.2 Å². The van der Waals surface area contributed by atoms with Crippen molar-refractivity contribution >= 4 is 22.8 Å². The highest BCUT2D eigenvalue weighted by atomic mass is 19.1. The third-order valence-corrected chi connectivity index (χ3v) is 5.10. The molecule has 2 N–H and O–H groups in total. The number of rotatable bonds is 4. The number of hydrogen-bond acceptors (Lipinski definition) is 3. The summed E-state index contributed by atoms with van der Waals surface area (Å²) in [5, 5.41) is 2.98. The van der Waals surface area contributed by atoms with Crippen LogP contribution in [-0.2, 0) is 4.79 Å². The Morgan fingerprint density at radius 2 is 2.16 bits per heavy atom. The molecule has 1 aromatic carbocycles. The van der Waals surface area contributed by atoms with Crippen LogP contribution in [0.5, 0.6) is 0 Å². The van der Waals surface area contributed by atoms with Crippen LogP contribution in [0.2, 0.25) is 0 Å². The third-order valence-electron chi connectivity index (χ3n) is 5.10. The van der Waals surface area contributed by atoms with E-state index in [0.29, 0.717) is 24.5 Å². The number of aromatic nitrogens is 2. The molecule has 0 radical (unpaired) electrons. The van der Waals surface area contributed by atoms with E-state index < -0.39 is 5.82 Å². The maximum absolute atomic E-state index is 14.6. The molecular weight excluding hydrogens is 323 g/mol. The van der Waals surface area contributed by atoms with Gasteiger partial charge in [-0.15, -0.1) is 0 Å². The van der Waals surface area contributed by atoms with Crippen LogP contribution in [0.4, 0.5) is 4.39 Å². The summed E-state index contributed by atoms with van der Waals surface area (Å²) in [5.41, 5.74) is 0.741. The monoisotopic (exact) mass is 344 g/mol. The molecule has 0 spiro atoms. The molecule has 25 heavy (non-hydrogen) atoms. The molecule has 1 aliphatic heterocycles. The summed E-state index contributed by atoms with van der Waals surface area (Å²) in [6.07, 6.45) is 5.29. The molecule has 4 rings (SSSR count). The zero-order chi connectivity index (χ0) is 17.4. The van der Waals surface area contributed by atoms with Crippen LogP contribution in [0, 0.1) is 17.7 Å². The first kappa shape index (κ1) is 16.1. The Morgan fingerprint density at radius 3 is 2.96 bits per heavy atom. The van der Waals surface area contributed by atoms with Gasteiger partial charge in [0.05, 0.1) is 23.3 Å². The number of hydrogen-bond donors (Lipinski definition) is 2. The second-order valence-corrected chi connectivity index (χ2v) is 7.00. The van der Waals surface area contributed by atoms with Crippen molar-refractivity contribution in [2.45, 2.75) is 25.7 Å². The Bertz CT molecular complexity index is 815. The predicted molar refractivity (Wildman–Crippen MR) is 90.4 cm³/mol. The lowest BCUT2D eigenvalue weighted by atomic mass is 9.96. The molecule has 2 amide bonds. The van der Waals surface area contributed by atoms with Gasteiger partial charge in [-0.1, -0.05) is 0 Å². The molecule has 2 heterocycles. The van der Waals surface area contributed by atoms with Crippen molar-refractivity contribution in [2.75, 3.05) is 19.6 Å². The number of halogens is 1. The minimum absolute atomic E-state index is 0.00706. The maximum atomic E-state index is 14.6. The summed E-state index contributed by atoms with van der Waals surface area (Å²) >= 11 is 0. The highest BCUT2D eigenvalue weighted by molar-refractivity contribution is 5.98. The van der Waals surface area contributed by atoms with Gasteiger partial charge in [-0.25, -0.2) is 9.37 Å². The van der Waals surface area contributed by atoms with Gasteiger partial charge in [0.2, 0.25) is 5.91 Å². The van der Waals surface area contributed by atoms with Gasteiger partial charge in [0.15, 0.2) is 5.82 Å². The maximum Gasteiger partial charge on any atom is 0.256 e. The quantitative estimate of drug-likeness (QED) is 0.891. The molecule has 2 aromatic rings. The largest absolute Gasteiger partial charge is 0.356 e. The number of likely N-dealkylation sites (tertiary alicyclic amines) is 1. The highest BCUT2D eigenvalue weighted by Crippen LogP contribution is 2.28. The van der Waals surface area contributed by atoms with E-state index in [1.807, 2.05) is 0 Å². The third kappa shape index (κ3) is 3.23. The number of carbonyl (C=O) groups excluding carboxylic acids is 2. The van der Waals surface area contributed by atoms with Gasteiger partial charge in [0.1, 0.15) is 5.52 Å². The first-order valence-corrected chi connectivity index (χ1v) is 8.82. The van der Waals surface area contributed by atoms with Crippen molar-refractivity contribution in [3.8, 4) is 0 Å². The first-order valence-electron chi connectivity index (χ1n) is 8.82. The summed E-state index contributed by atoms with van der Waals surface area (Å²) in [6, 6.07) is 3.14. The second-order valence-electron chi connectivity index (χ2n) is 7.00. The number of benzene rings is 1. The molecule has 6 nitrogen and oxygen atoms in total. The fourth-order valence-electron chi connectivity index (χ4n) is 3.40. The summed E-state index contributed by atoms with van der Waals surface area (Å²) in [6.45, 7) is 1.62. The molecule has 0 bridgehead atoms. The minimum atomic E-state index is -0.607. The van der Waals surface area contributed by atoms with Gasteiger partial charge in [-0.2, -0.15) is 0 Å². The first-order chi connectivity index (χ1) is 12.1. The number of fused-ring (bicyclic) bond motifs is 1. The Balaban J connectivity index is 1.46. The van der Waals surface area contributed by atoms with Crippen LogP contribution in [0.3, 0.4) is 0 Å². The second kappa shape index (κ2) is 6.46. The number of aromatic amines is 1. The molecule has 2 fully saturated rings. The SMILES string of the molecule is O=C(NCC1CC1)C1CCCN(C(=O)c2ccc3[nH]cnc3c2F)C1. The molecular formula is C18H21FN4O2. The lowest BCUT2D eigenvalue weighted by Crippen LogP contribution is -2.46. The lowest BCUT2D eigenvalue weighted by Gasteiger charge is -2.32. The zero-order valence-corrected chi connectivity index (χ0v) is 13.9. The smallest absolute Gasteiger partial charge is 0.256 e. The van der Waals surface area contributed by atoms with E-state index in [1.54, 1.807) is 11.0 Å². The van der Waals surface area contributed by atoms with E-state index in [4.69, 9.17) is 0 Å². The topological polar surface area (TPSA) is 78.1 Å². The zero-order valence-electron chi connectivity index (χ0n) is 13.9. The average Bonchev–Trinajstić information content (AvgIpc) is 3.34. The van der Waals surface area contributed by atoms with Crippen LogP contribution >= 0.6 is 0 Å². The molecule has 1 aromatic heterocycles. The Labute approximate surface area is 144 Å². The molecule has 7 heteroatoms. The van der Waals surface area contributed by atoms with Crippen molar-refractivity contribution in [1.29, 1.82) is 0 Å². The molecule has 132 valence electrons. The standard InChI is InChI=1S/C18H21FN4O2/c19-15-13(5-6-14-16(15)22-10-21-14)18(25)23-7-1-2-12(9-23)17(24)20-8-11-3-4-11/h5-6,10-12H,1-4,7-9H2,(H,20,24)(H,21,22). The van der Waals surface area contributed by atoms with Crippen LogP contribution in [0.1, 0.15) is 36.0 Å². The van der Waals surface area contributed by atoms with Crippen LogP contribution in [0.15, 0.2) is 18.5 Å². The van der Waals surface area contributed by atoms with E-state index in [0.717, 1.165) is 19.4 Å². The molecule has 1 aliphatic carbocycles. The highest BCUT2D eigenvalue weighted by Gasteiger charge is 2.31. The van der Waals surface area contributed by atoms with Gasteiger partial charge < -0.3 is 15.2 Å². The van der Waals surface area contributed by atoms with Gasteiger partial charge in [0.25, 0.3) is 5.91 Å². The van der Waals surface area contributed by atoms with Crippen molar-refractivity contribution < 1.29 is 14.0 Å². The van der Waals surface area contributed by atoms with E-state index in [-0.39, 0.29) is 28.8 Å². The van der Waals surface area contributed by atoms with Crippen LogP contribution in [-0.4, -0.2) is 46.3 Å². The van der Waals surface area contributed by atoms with Crippen LogP contribution < -0.4 is 5.32 Å². The van der Waals surface area contributed by atoms with Crippen LogP contribution in [0.25, 0.3) is 11.0 Å². The van der Waals surface area contributed by atoms with Gasteiger partial charge >= 0.3 is 0 Å². The average molecular weight is 344 g/mol.